The lowest BCUT2D eigenvalue weighted by Gasteiger charge is -2.25. The van der Waals surface area contributed by atoms with E-state index in [9.17, 15) is 9.90 Å². The number of aliphatic hydroxyl groups is 1. The van der Waals surface area contributed by atoms with Crippen molar-refractivity contribution >= 4 is 22.0 Å². The van der Waals surface area contributed by atoms with Crippen LogP contribution in [-0.4, -0.2) is 40.3 Å². The van der Waals surface area contributed by atoms with E-state index in [4.69, 9.17) is 9.57 Å². The summed E-state index contributed by atoms with van der Waals surface area (Å²) in [6.45, 7) is 4.53. The van der Waals surface area contributed by atoms with Crippen LogP contribution in [0, 0.1) is 5.92 Å². The monoisotopic (exact) mass is 357 g/mol. The number of hydrogen-bond acceptors (Lipinski definition) is 4. The molecule has 1 aromatic carbocycles. The number of carbonyl (C=O) groups is 1. The Kier molecular flexibility index (Phi) is 5.61. The maximum absolute atomic E-state index is 11.6. The summed E-state index contributed by atoms with van der Waals surface area (Å²) < 4.78 is 5.00. The van der Waals surface area contributed by atoms with Gasteiger partial charge in [-0.05, 0) is 11.5 Å². The molecule has 0 unspecified atom stereocenters. The molecule has 1 fully saturated rings. The fourth-order valence-electron chi connectivity index (χ4n) is 2.14. The first-order valence-corrected chi connectivity index (χ1v) is 7.88. The molecule has 2 rings (SSSR count). The molecule has 1 aliphatic heterocycles. The van der Waals surface area contributed by atoms with Gasteiger partial charge in [-0.1, -0.05) is 60.1 Å². The lowest BCUT2D eigenvalue weighted by molar-refractivity contribution is -0.142. The van der Waals surface area contributed by atoms with Crippen LogP contribution in [0.5, 0.6) is 0 Å². The van der Waals surface area contributed by atoms with Crippen LogP contribution < -0.4 is 0 Å². The van der Waals surface area contributed by atoms with Crippen molar-refractivity contribution in [1.29, 1.82) is 0 Å². The molecule has 0 spiro atoms. The molecule has 1 saturated heterocycles. The number of nitrogens with zero attached hydrogens (tertiary/aromatic N) is 1. The van der Waals surface area contributed by atoms with Crippen molar-refractivity contribution < 1.29 is 19.5 Å². The van der Waals surface area contributed by atoms with Crippen molar-refractivity contribution in [3.8, 4) is 0 Å². The first-order valence-electron chi connectivity index (χ1n) is 6.96. The highest BCUT2D eigenvalue weighted by Crippen LogP contribution is 2.25. The molecule has 3 atom stereocenters. The second-order valence-electron chi connectivity index (χ2n) is 5.38. The second-order valence-corrected chi connectivity index (χ2v) is 6.56. The van der Waals surface area contributed by atoms with Crippen LogP contribution in [0.1, 0.15) is 25.5 Å². The third-order valence-corrected chi connectivity index (χ3v) is 4.25. The fraction of sp³-hybridized carbons (Fsp3) is 0.533. The molecule has 5 nitrogen and oxygen atoms in total. The summed E-state index contributed by atoms with van der Waals surface area (Å²) in [6, 6.07) is 9.23. The van der Waals surface area contributed by atoms with Crippen molar-refractivity contribution in [3.63, 3.8) is 0 Å². The highest BCUT2D eigenvalue weighted by Gasteiger charge is 2.37. The zero-order valence-corrected chi connectivity index (χ0v) is 13.7. The number of alkyl halides is 1. The minimum atomic E-state index is -0.706. The number of ether oxygens (including phenoxy) is 1. The van der Waals surface area contributed by atoms with E-state index < -0.39 is 12.2 Å². The highest BCUT2D eigenvalue weighted by atomic mass is 79.9. The molecule has 1 heterocycles. The predicted molar refractivity (Wildman–Crippen MR) is 81.9 cm³/mol. The standard InChI is InChI=1S/C15H20BrNO4/c1-10(2)13-9-20-15(19)17(13)21-8-12(16)14(18)11-6-4-3-5-7-11/h3-7,10,12-14,18H,8-9H2,1-2H3/t12-,13+,14-/m0/s1. The van der Waals surface area contributed by atoms with Crippen molar-refractivity contribution in [2.45, 2.75) is 30.8 Å². The first-order chi connectivity index (χ1) is 10.0. The van der Waals surface area contributed by atoms with E-state index in [1.807, 2.05) is 44.2 Å². The number of hydrogen-bond donors (Lipinski definition) is 1. The molecule has 1 aromatic rings. The van der Waals surface area contributed by atoms with E-state index >= 15 is 0 Å². The summed E-state index contributed by atoms with van der Waals surface area (Å²) in [5.41, 5.74) is 0.799. The minimum absolute atomic E-state index is 0.0916. The second kappa shape index (κ2) is 7.24. The minimum Gasteiger partial charge on any atom is -0.446 e. The summed E-state index contributed by atoms with van der Waals surface area (Å²) in [4.78, 5) is 16.9. The Labute approximate surface area is 132 Å². The number of halogens is 1. The molecule has 1 aliphatic rings. The lowest BCUT2D eigenvalue weighted by Crippen LogP contribution is -2.39. The first kappa shape index (κ1) is 16.3. The Balaban J connectivity index is 1.91. The molecule has 0 radical (unpaired) electrons. The average molecular weight is 358 g/mol. The fourth-order valence-corrected chi connectivity index (χ4v) is 2.56. The van der Waals surface area contributed by atoms with Crippen molar-refractivity contribution in [1.82, 2.24) is 5.06 Å². The molecule has 116 valence electrons. The summed E-state index contributed by atoms with van der Waals surface area (Å²) in [5, 5.41) is 11.5. The predicted octanol–water partition coefficient (Wildman–Crippen LogP) is 2.89. The SMILES string of the molecule is CC(C)[C@H]1COC(=O)N1OC[C@H](Br)[C@@H](O)c1ccccc1. The topological polar surface area (TPSA) is 59.0 Å². The quantitative estimate of drug-likeness (QED) is 0.795. The largest absolute Gasteiger partial charge is 0.446 e. The van der Waals surface area contributed by atoms with Crippen LogP contribution in [0.3, 0.4) is 0 Å². The Morgan fingerprint density at radius 3 is 2.71 bits per heavy atom. The Morgan fingerprint density at radius 2 is 2.10 bits per heavy atom. The van der Waals surface area contributed by atoms with Crippen molar-refractivity contribution in [2.75, 3.05) is 13.2 Å². The Bertz CT molecular complexity index is 468. The molecular weight excluding hydrogens is 338 g/mol. The molecule has 0 saturated carbocycles. The summed E-state index contributed by atoms with van der Waals surface area (Å²) >= 11 is 3.41. The zero-order valence-electron chi connectivity index (χ0n) is 12.1. The summed E-state index contributed by atoms with van der Waals surface area (Å²) in [6.07, 6.45) is -1.18. The van der Waals surface area contributed by atoms with Gasteiger partial charge in [0, 0.05) is 0 Å². The van der Waals surface area contributed by atoms with Gasteiger partial charge in [-0.25, -0.2) is 4.79 Å². The van der Waals surface area contributed by atoms with E-state index in [1.54, 1.807) is 0 Å². The number of benzene rings is 1. The van der Waals surface area contributed by atoms with Gasteiger partial charge in [-0.3, -0.25) is 4.84 Å². The van der Waals surface area contributed by atoms with Gasteiger partial charge in [-0.15, -0.1) is 0 Å². The molecule has 6 heteroatoms. The van der Waals surface area contributed by atoms with Gasteiger partial charge in [-0.2, -0.15) is 5.06 Å². The molecule has 21 heavy (non-hydrogen) atoms. The van der Waals surface area contributed by atoms with E-state index in [2.05, 4.69) is 15.9 Å². The van der Waals surface area contributed by atoms with Gasteiger partial charge in [0.15, 0.2) is 0 Å². The van der Waals surface area contributed by atoms with Crippen LogP contribution >= 0.6 is 15.9 Å². The molecule has 0 aliphatic carbocycles. The van der Waals surface area contributed by atoms with E-state index in [-0.39, 0.29) is 23.4 Å². The zero-order chi connectivity index (χ0) is 15.4. The number of rotatable bonds is 6. The maximum atomic E-state index is 11.6. The number of amides is 1. The van der Waals surface area contributed by atoms with Crippen LogP contribution in [0.2, 0.25) is 0 Å². The maximum Gasteiger partial charge on any atom is 0.434 e. The molecular formula is C15H20BrNO4. The third-order valence-electron chi connectivity index (χ3n) is 3.48. The van der Waals surface area contributed by atoms with Crippen molar-refractivity contribution in [2.24, 2.45) is 5.92 Å². The van der Waals surface area contributed by atoms with Gasteiger partial charge in [0.1, 0.15) is 6.61 Å². The molecule has 1 N–H and O–H groups in total. The number of aliphatic hydroxyl groups excluding tert-OH is 1. The van der Waals surface area contributed by atoms with Crippen LogP contribution in [-0.2, 0) is 9.57 Å². The van der Waals surface area contributed by atoms with Gasteiger partial charge in [0.05, 0.1) is 23.6 Å². The molecule has 0 aromatic heterocycles. The van der Waals surface area contributed by atoms with Gasteiger partial charge in [0.25, 0.3) is 0 Å². The Hall–Kier alpha value is -1.11. The Morgan fingerprint density at radius 1 is 1.43 bits per heavy atom. The lowest BCUT2D eigenvalue weighted by atomic mass is 10.1. The molecule has 0 bridgehead atoms. The number of cyclic esters (lactones) is 1. The van der Waals surface area contributed by atoms with Crippen LogP contribution in [0.15, 0.2) is 30.3 Å². The number of carbonyl (C=O) groups excluding carboxylic acids is 1. The van der Waals surface area contributed by atoms with Crippen LogP contribution in [0.4, 0.5) is 4.79 Å². The average Bonchev–Trinajstić information content (AvgIpc) is 2.86. The van der Waals surface area contributed by atoms with E-state index in [0.717, 1.165) is 5.56 Å². The van der Waals surface area contributed by atoms with Gasteiger partial charge < -0.3 is 9.84 Å². The van der Waals surface area contributed by atoms with E-state index in [0.29, 0.717) is 6.61 Å². The normalized spacial score (nSPS) is 21.5. The number of hydroxylamine groups is 2. The third kappa shape index (κ3) is 3.96. The smallest absolute Gasteiger partial charge is 0.434 e. The van der Waals surface area contributed by atoms with Crippen molar-refractivity contribution in [3.05, 3.63) is 35.9 Å². The summed E-state index contributed by atoms with van der Waals surface area (Å²) in [7, 11) is 0. The highest BCUT2D eigenvalue weighted by molar-refractivity contribution is 9.09. The molecule has 1 amide bonds. The van der Waals surface area contributed by atoms with Gasteiger partial charge >= 0.3 is 6.09 Å². The summed E-state index contributed by atoms with van der Waals surface area (Å²) in [5.74, 6) is 0.240. The van der Waals surface area contributed by atoms with Gasteiger partial charge in [0.2, 0.25) is 0 Å². The van der Waals surface area contributed by atoms with Crippen LogP contribution in [0.25, 0.3) is 0 Å². The van der Waals surface area contributed by atoms with E-state index in [1.165, 1.54) is 5.06 Å².